The van der Waals surface area contributed by atoms with E-state index in [1.54, 1.807) is 0 Å². The molecule has 1 rings (SSSR count). The molecule has 1 nitrogen and oxygen atoms in total. The van der Waals surface area contributed by atoms with Gasteiger partial charge >= 0.3 is 0 Å². The van der Waals surface area contributed by atoms with Crippen LogP contribution < -0.4 is 0 Å². The van der Waals surface area contributed by atoms with E-state index in [1.807, 2.05) is 18.5 Å². The lowest BCUT2D eigenvalue weighted by Gasteiger charge is -1.97. The molecule has 0 saturated carbocycles. The van der Waals surface area contributed by atoms with E-state index in [1.165, 1.54) is 18.4 Å². The molecule has 11 heavy (non-hydrogen) atoms. The molecular weight excluding hydrogens is 154 g/mol. The van der Waals surface area contributed by atoms with Gasteiger partial charge in [-0.25, -0.2) is 0 Å². The van der Waals surface area contributed by atoms with Crippen molar-refractivity contribution in [3.8, 4) is 0 Å². The molecule has 0 saturated heterocycles. The minimum Gasteiger partial charge on any atom is -0.264 e. The average Bonchev–Trinajstić information content (AvgIpc) is 2.07. The fourth-order valence-electron chi connectivity index (χ4n) is 0.987. The molecule has 0 N–H and O–H groups in total. The van der Waals surface area contributed by atoms with Crippen molar-refractivity contribution >= 4 is 12.6 Å². The highest BCUT2D eigenvalue weighted by Crippen LogP contribution is 2.02. The van der Waals surface area contributed by atoms with Gasteiger partial charge in [0.1, 0.15) is 0 Å². The minimum absolute atomic E-state index is 0.986. The quantitative estimate of drug-likeness (QED) is 0.536. The maximum Gasteiger partial charge on any atom is 0.0299 e. The van der Waals surface area contributed by atoms with Crippen molar-refractivity contribution in [2.75, 3.05) is 5.75 Å². The number of unbranched alkanes of at least 4 members (excludes halogenated alkanes) is 1. The summed E-state index contributed by atoms with van der Waals surface area (Å²) in [7, 11) is 0. The van der Waals surface area contributed by atoms with Crippen LogP contribution in [-0.2, 0) is 6.42 Å². The predicted octanol–water partition coefficient (Wildman–Crippen LogP) is 2.33. The molecular formula is C9H13NS. The second kappa shape index (κ2) is 5.19. The molecule has 0 fully saturated rings. The number of rotatable bonds is 4. The van der Waals surface area contributed by atoms with Gasteiger partial charge in [-0.05, 0) is 36.6 Å². The molecule has 0 radical (unpaired) electrons. The molecule has 0 amide bonds. The summed E-state index contributed by atoms with van der Waals surface area (Å²) in [6.45, 7) is 0. The Morgan fingerprint density at radius 3 is 2.91 bits per heavy atom. The fourth-order valence-corrected chi connectivity index (χ4v) is 1.21. The van der Waals surface area contributed by atoms with Crippen molar-refractivity contribution in [3.05, 3.63) is 30.1 Å². The zero-order valence-electron chi connectivity index (χ0n) is 6.53. The lowest BCUT2D eigenvalue weighted by molar-refractivity contribution is 0.801. The molecule has 0 aliphatic carbocycles. The van der Waals surface area contributed by atoms with Gasteiger partial charge in [-0.2, -0.15) is 12.6 Å². The van der Waals surface area contributed by atoms with Crippen LogP contribution in [0.15, 0.2) is 24.5 Å². The number of aromatic nitrogens is 1. The van der Waals surface area contributed by atoms with Crippen LogP contribution in [0.1, 0.15) is 18.4 Å². The highest BCUT2D eigenvalue weighted by Gasteiger charge is 1.90. The smallest absolute Gasteiger partial charge is 0.0299 e. The van der Waals surface area contributed by atoms with Crippen LogP contribution in [0.4, 0.5) is 0 Å². The van der Waals surface area contributed by atoms with Crippen LogP contribution >= 0.6 is 12.6 Å². The number of aryl methyl sites for hydroxylation is 1. The second-order valence-electron chi connectivity index (χ2n) is 2.54. The number of hydrogen-bond donors (Lipinski definition) is 1. The predicted molar refractivity (Wildman–Crippen MR) is 51.0 cm³/mol. The number of hydrogen-bond acceptors (Lipinski definition) is 2. The standard InChI is InChI=1S/C9H13NS/c11-7-2-1-4-9-5-3-6-10-8-9/h3,5-6,8,11H,1-2,4,7H2. The third kappa shape index (κ3) is 3.42. The zero-order valence-corrected chi connectivity index (χ0v) is 7.43. The summed E-state index contributed by atoms with van der Waals surface area (Å²) in [5.74, 6) is 0.986. The fraction of sp³-hybridized carbons (Fsp3) is 0.444. The van der Waals surface area contributed by atoms with Crippen LogP contribution in [0.2, 0.25) is 0 Å². The van der Waals surface area contributed by atoms with E-state index in [4.69, 9.17) is 0 Å². The summed E-state index contributed by atoms with van der Waals surface area (Å²) in [6.07, 6.45) is 7.28. The summed E-state index contributed by atoms with van der Waals surface area (Å²) >= 11 is 4.15. The first-order valence-corrected chi connectivity index (χ1v) is 4.56. The van der Waals surface area contributed by atoms with Gasteiger partial charge in [0.15, 0.2) is 0 Å². The topological polar surface area (TPSA) is 12.9 Å². The second-order valence-corrected chi connectivity index (χ2v) is 2.99. The van der Waals surface area contributed by atoms with Gasteiger partial charge in [0.2, 0.25) is 0 Å². The normalized spacial score (nSPS) is 9.91. The van der Waals surface area contributed by atoms with Crippen LogP contribution in [0.5, 0.6) is 0 Å². The molecule has 1 heterocycles. The first-order chi connectivity index (χ1) is 5.43. The van der Waals surface area contributed by atoms with E-state index in [0.29, 0.717) is 0 Å². The van der Waals surface area contributed by atoms with E-state index in [0.717, 1.165) is 12.2 Å². The summed E-state index contributed by atoms with van der Waals surface area (Å²) in [5.41, 5.74) is 1.33. The van der Waals surface area contributed by atoms with Crippen molar-refractivity contribution in [2.24, 2.45) is 0 Å². The molecule has 1 aromatic rings. The van der Waals surface area contributed by atoms with Gasteiger partial charge in [0.25, 0.3) is 0 Å². The largest absolute Gasteiger partial charge is 0.264 e. The van der Waals surface area contributed by atoms with Gasteiger partial charge in [0, 0.05) is 12.4 Å². The first kappa shape index (κ1) is 8.60. The van der Waals surface area contributed by atoms with E-state index in [2.05, 4.69) is 23.7 Å². The van der Waals surface area contributed by atoms with E-state index in [-0.39, 0.29) is 0 Å². The third-order valence-electron chi connectivity index (χ3n) is 1.60. The van der Waals surface area contributed by atoms with E-state index in [9.17, 15) is 0 Å². The summed E-state index contributed by atoms with van der Waals surface area (Å²) < 4.78 is 0. The minimum atomic E-state index is 0.986. The van der Waals surface area contributed by atoms with Crippen molar-refractivity contribution in [3.63, 3.8) is 0 Å². The van der Waals surface area contributed by atoms with Gasteiger partial charge < -0.3 is 0 Å². The van der Waals surface area contributed by atoms with E-state index >= 15 is 0 Å². The van der Waals surface area contributed by atoms with Gasteiger partial charge in [-0.1, -0.05) is 6.07 Å². The van der Waals surface area contributed by atoms with Gasteiger partial charge in [-0.3, -0.25) is 4.98 Å². The molecule has 0 aliphatic rings. The average molecular weight is 167 g/mol. The van der Waals surface area contributed by atoms with E-state index < -0.39 is 0 Å². The van der Waals surface area contributed by atoms with Crippen LogP contribution in [0, 0.1) is 0 Å². The molecule has 60 valence electrons. The molecule has 0 spiro atoms. The monoisotopic (exact) mass is 167 g/mol. The zero-order chi connectivity index (χ0) is 7.94. The Labute approximate surface area is 73.3 Å². The summed E-state index contributed by atoms with van der Waals surface area (Å²) in [4.78, 5) is 4.04. The Morgan fingerprint density at radius 1 is 1.36 bits per heavy atom. The van der Waals surface area contributed by atoms with Gasteiger partial charge in [0.05, 0.1) is 0 Å². The Balaban J connectivity index is 2.28. The summed E-state index contributed by atoms with van der Waals surface area (Å²) in [5, 5.41) is 0. The lowest BCUT2D eigenvalue weighted by Crippen LogP contribution is -1.86. The molecule has 2 heteroatoms. The van der Waals surface area contributed by atoms with Crippen molar-refractivity contribution in [1.82, 2.24) is 4.98 Å². The number of pyridine rings is 1. The SMILES string of the molecule is SCCCCc1cccnc1. The van der Waals surface area contributed by atoms with Crippen molar-refractivity contribution in [2.45, 2.75) is 19.3 Å². The molecule has 0 atom stereocenters. The van der Waals surface area contributed by atoms with Crippen LogP contribution in [0.25, 0.3) is 0 Å². The lowest BCUT2D eigenvalue weighted by atomic mass is 10.1. The summed E-state index contributed by atoms with van der Waals surface area (Å²) in [6, 6.07) is 4.10. The molecule has 0 unspecified atom stereocenters. The Kier molecular flexibility index (Phi) is 4.06. The Hall–Kier alpha value is -0.500. The Bertz CT molecular complexity index is 186. The third-order valence-corrected chi connectivity index (χ3v) is 1.91. The van der Waals surface area contributed by atoms with Crippen molar-refractivity contribution < 1.29 is 0 Å². The van der Waals surface area contributed by atoms with Gasteiger partial charge in [-0.15, -0.1) is 0 Å². The molecule has 0 bridgehead atoms. The molecule has 0 aliphatic heterocycles. The molecule has 0 aromatic carbocycles. The molecule has 1 aromatic heterocycles. The van der Waals surface area contributed by atoms with Crippen LogP contribution in [0.3, 0.4) is 0 Å². The van der Waals surface area contributed by atoms with Crippen LogP contribution in [-0.4, -0.2) is 10.7 Å². The highest BCUT2D eigenvalue weighted by atomic mass is 32.1. The maximum atomic E-state index is 4.15. The van der Waals surface area contributed by atoms with Crippen molar-refractivity contribution in [1.29, 1.82) is 0 Å². The highest BCUT2D eigenvalue weighted by molar-refractivity contribution is 7.80. The first-order valence-electron chi connectivity index (χ1n) is 3.93. The Morgan fingerprint density at radius 2 is 2.27 bits per heavy atom. The maximum absolute atomic E-state index is 4.15. The number of thiol groups is 1. The number of nitrogens with zero attached hydrogens (tertiary/aromatic N) is 1.